The highest BCUT2D eigenvalue weighted by molar-refractivity contribution is 6.30. The van der Waals surface area contributed by atoms with Crippen LogP contribution in [0.2, 0.25) is 5.02 Å². The van der Waals surface area contributed by atoms with Crippen molar-refractivity contribution in [1.82, 2.24) is 15.1 Å². The minimum absolute atomic E-state index is 0.281. The van der Waals surface area contributed by atoms with Crippen LogP contribution in [0, 0.1) is 5.41 Å². The number of hydrogen-bond donors (Lipinski definition) is 1. The maximum Gasteiger partial charge on any atom is 0.193 e. The number of halogens is 1. The molecule has 2 aliphatic heterocycles. The molecule has 1 aromatic rings. The van der Waals surface area contributed by atoms with Gasteiger partial charge in [-0.1, -0.05) is 37.6 Å². The van der Waals surface area contributed by atoms with Gasteiger partial charge in [-0.05, 0) is 29.5 Å². The molecule has 1 unspecified atom stereocenters. The fourth-order valence-electron chi connectivity index (χ4n) is 3.85. The summed E-state index contributed by atoms with van der Waals surface area (Å²) in [5.74, 6) is 1.00. The van der Waals surface area contributed by atoms with Gasteiger partial charge in [-0.15, -0.1) is 0 Å². The van der Waals surface area contributed by atoms with Crippen molar-refractivity contribution in [2.45, 2.75) is 26.3 Å². The summed E-state index contributed by atoms with van der Waals surface area (Å²) in [6.45, 7) is 11.1. The second kappa shape index (κ2) is 8.59. The van der Waals surface area contributed by atoms with Crippen LogP contribution in [0.1, 0.15) is 31.9 Å². The number of nitrogens with one attached hydrogen (secondary N) is 1. The Morgan fingerprint density at radius 1 is 1.23 bits per heavy atom. The minimum atomic E-state index is 0.281. The summed E-state index contributed by atoms with van der Waals surface area (Å²) in [6.07, 6.45) is 1.21. The topological polar surface area (TPSA) is 40.1 Å². The average Bonchev–Trinajstić information content (AvgIpc) is 3.00. The van der Waals surface area contributed by atoms with E-state index >= 15 is 0 Å². The van der Waals surface area contributed by atoms with Gasteiger partial charge in [-0.2, -0.15) is 0 Å². The maximum atomic E-state index is 6.09. The quantitative estimate of drug-likeness (QED) is 0.645. The van der Waals surface area contributed by atoms with Crippen LogP contribution >= 0.6 is 11.6 Å². The fourth-order valence-corrected chi connectivity index (χ4v) is 3.97. The van der Waals surface area contributed by atoms with Crippen molar-refractivity contribution < 1.29 is 4.74 Å². The summed E-state index contributed by atoms with van der Waals surface area (Å²) in [5, 5.41) is 4.40. The molecule has 144 valence electrons. The third-order valence-electron chi connectivity index (χ3n) is 5.38. The van der Waals surface area contributed by atoms with Gasteiger partial charge in [0.05, 0.1) is 19.3 Å². The molecule has 0 radical (unpaired) electrons. The summed E-state index contributed by atoms with van der Waals surface area (Å²) in [5.41, 5.74) is 1.64. The van der Waals surface area contributed by atoms with Gasteiger partial charge in [0.2, 0.25) is 0 Å². The number of likely N-dealkylation sites (tertiary alicyclic amines) is 1. The number of benzene rings is 1. The molecule has 0 amide bonds. The second-order valence-corrected chi connectivity index (χ2v) is 8.42. The zero-order valence-corrected chi connectivity index (χ0v) is 16.9. The molecule has 0 bridgehead atoms. The molecule has 1 atom stereocenters. The molecule has 2 aliphatic rings. The molecular weight excluding hydrogens is 348 g/mol. The number of nitrogens with zero attached hydrogens (tertiary/aromatic N) is 3. The Hall–Kier alpha value is -1.30. The van der Waals surface area contributed by atoms with Gasteiger partial charge in [0, 0.05) is 44.8 Å². The largest absolute Gasteiger partial charge is 0.379 e. The predicted molar refractivity (Wildman–Crippen MR) is 108 cm³/mol. The molecule has 26 heavy (non-hydrogen) atoms. The lowest BCUT2D eigenvalue weighted by Crippen LogP contribution is -2.47. The Morgan fingerprint density at radius 2 is 1.92 bits per heavy atom. The highest BCUT2D eigenvalue weighted by Gasteiger charge is 2.31. The monoisotopic (exact) mass is 378 g/mol. The van der Waals surface area contributed by atoms with Crippen LogP contribution in [0.15, 0.2) is 29.3 Å². The van der Waals surface area contributed by atoms with Gasteiger partial charge in [-0.25, -0.2) is 0 Å². The summed E-state index contributed by atoms with van der Waals surface area (Å²) in [4.78, 5) is 9.39. The van der Waals surface area contributed by atoms with Gasteiger partial charge in [0.15, 0.2) is 5.96 Å². The van der Waals surface area contributed by atoms with Crippen LogP contribution < -0.4 is 5.32 Å². The van der Waals surface area contributed by atoms with Gasteiger partial charge in [0.25, 0.3) is 0 Å². The number of ether oxygens (including phenoxy) is 1. The smallest absolute Gasteiger partial charge is 0.193 e. The normalized spacial score (nSPS) is 22.5. The number of hydrogen-bond acceptors (Lipinski definition) is 3. The lowest BCUT2D eigenvalue weighted by atomic mass is 9.93. The minimum Gasteiger partial charge on any atom is -0.379 e. The Balaban J connectivity index is 1.69. The summed E-state index contributed by atoms with van der Waals surface area (Å²) >= 11 is 6.09. The zero-order chi connectivity index (χ0) is 18.6. The highest BCUT2D eigenvalue weighted by atomic mass is 35.5. The highest BCUT2D eigenvalue weighted by Crippen LogP contribution is 2.29. The first kappa shape index (κ1) is 19.5. The van der Waals surface area contributed by atoms with E-state index in [4.69, 9.17) is 16.3 Å². The number of guanidine groups is 1. The van der Waals surface area contributed by atoms with Gasteiger partial charge < -0.3 is 15.0 Å². The van der Waals surface area contributed by atoms with Crippen LogP contribution in [0.3, 0.4) is 0 Å². The molecule has 2 saturated heterocycles. The molecule has 0 aliphatic carbocycles. The SMILES string of the molecule is CN=C(NCC(c1ccc(Cl)cc1)N1CCOCC1)N1CCC(C)(C)C1. The van der Waals surface area contributed by atoms with Crippen molar-refractivity contribution in [3.63, 3.8) is 0 Å². The van der Waals surface area contributed by atoms with E-state index < -0.39 is 0 Å². The van der Waals surface area contributed by atoms with Crippen LogP contribution in [-0.2, 0) is 4.74 Å². The van der Waals surface area contributed by atoms with E-state index in [-0.39, 0.29) is 6.04 Å². The van der Waals surface area contributed by atoms with E-state index in [0.717, 1.165) is 56.9 Å². The molecular formula is C20H31ClN4O. The third-order valence-corrected chi connectivity index (χ3v) is 5.64. The van der Waals surface area contributed by atoms with Crippen molar-refractivity contribution in [2.75, 3.05) is 53.0 Å². The Kier molecular flexibility index (Phi) is 6.43. The standard InChI is InChI=1S/C20H31ClN4O/c1-20(2)8-9-25(15-20)19(22-3)23-14-18(24-10-12-26-13-11-24)16-4-6-17(21)7-5-16/h4-7,18H,8-15H2,1-3H3,(H,22,23). The molecule has 1 N–H and O–H groups in total. The van der Waals surface area contributed by atoms with Crippen LogP contribution in [0.5, 0.6) is 0 Å². The van der Waals surface area contributed by atoms with E-state index in [1.807, 2.05) is 19.2 Å². The van der Waals surface area contributed by atoms with Crippen molar-refractivity contribution in [3.05, 3.63) is 34.9 Å². The van der Waals surface area contributed by atoms with Crippen molar-refractivity contribution in [1.29, 1.82) is 0 Å². The molecule has 6 heteroatoms. The molecule has 1 aromatic carbocycles. The first-order chi connectivity index (χ1) is 12.5. The lowest BCUT2D eigenvalue weighted by molar-refractivity contribution is 0.0169. The molecule has 0 aromatic heterocycles. The summed E-state index contributed by atoms with van der Waals surface area (Å²) in [7, 11) is 1.87. The number of morpholine rings is 1. The van der Waals surface area contributed by atoms with Crippen LogP contribution in [0.25, 0.3) is 0 Å². The lowest BCUT2D eigenvalue weighted by Gasteiger charge is -2.36. The first-order valence-corrected chi connectivity index (χ1v) is 9.89. The predicted octanol–water partition coefficient (Wildman–Crippen LogP) is 3.02. The van der Waals surface area contributed by atoms with Gasteiger partial charge in [0.1, 0.15) is 0 Å². The average molecular weight is 379 g/mol. The van der Waals surface area contributed by atoms with Crippen LogP contribution in [-0.4, -0.2) is 68.7 Å². The molecule has 2 fully saturated rings. The van der Waals surface area contributed by atoms with E-state index in [9.17, 15) is 0 Å². The van der Waals surface area contributed by atoms with E-state index in [2.05, 4.69) is 46.1 Å². The Labute approximate surface area is 162 Å². The Morgan fingerprint density at radius 3 is 2.50 bits per heavy atom. The number of aliphatic imine (C=N–C) groups is 1. The van der Waals surface area contributed by atoms with Crippen molar-refractivity contribution in [3.8, 4) is 0 Å². The molecule has 0 saturated carbocycles. The van der Waals surface area contributed by atoms with Gasteiger partial charge in [-0.3, -0.25) is 9.89 Å². The van der Waals surface area contributed by atoms with Gasteiger partial charge >= 0.3 is 0 Å². The van der Waals surface area contributed by atoms with Crippen molar-refractivity contribution >= 4 is 17.6 Å². The van der Waals surface area contributed by atoms with Crippen molar-refractivity contribution in [2.24, 2.45) is 10.4 Å². The molecule has 0 spiro atoms. The fraction of sp³-hybridized carbons (Fsp3) is 0.650. The molecule has 3 rings (SSSR count). The number of rotatable bonds is 4. The molecule has 5 nitrogen and oxygen atoms in total. The van der Waals surface area contributed by atoms with E-state index in [0.29, 0.717) is 5.41 Å². The maximum absolute atomic E-state index is 6.09. The first-order valence-electron chi connectivity index (χ1n) is 9.51. The van der Waals surface area contributed by atoms with E-state index in [1.54, 1.807) is 0 Å². The third kappa shape index (κ3) is 4.90. The van der Waals surface area contributed by atoms with Crippen LogP contribution in [0.4, 0.5) is 0 Å². The second-order valence-electron chi connectivity index (χ2n) is 7.98. The molecule has 2 heterocycles. The zero-order valence-electron chi connectivity index (χ0n) is 16.2. The summed E-state index contributed by atoms with van der Waals surface area (Å²) < 4.78 is 5.54. The Bertz CT molecular complexity index is 611. The summed E-state index contributed by atoms with van der Waals surface area (Å²) in [6, 6.07) is 8.49. The van der Waals surface area contributed by atoms with E-state index in [1.165, 1.54) is 12.0 Å².